The van der Waals surface area contributed by atoms with E-state index in [-0.39, 0.29) is 28.8 Å². The van der Waals surface area contributed by atoms with Gasteiger partial charge in [0.05, 0.1) is 38.4 Å². The molecule has 2 aliphatic carbocycles. The topological polar surface area (TPSA) is 138 Å². The molecule has 2 aromatic heterocycles. The number of hydrogen-bond donors (Lipinski definition) is 1. The van der Waals surface area contributed by atoms with Crippen molar-refractivity contribution in [3.05, 3.63) is 82.9 Å². The summed E-state index contributed by atoms with van der Waals surface area (Å²) in [5.41, 5.74) is 1.03. The van der Waals surface area contributed by atoms with Crippen LogP contribution in [-0.2, 0) is 24.8 Å². The average molecular weight is 650 g/mol. The third-order valence-electron chi connectivity index (χ3n) is 9.00. The fourth-order valence-electron chi connectivity index (χ4n) is 6.12. The Morgan fingerprint density at radius 3 is 2.45 bits per heavy atom. The van der Waals surface area contributed by atoms with Gasteiger partial charge >= 0.3 is 0 Å². The van der Waals surface area contributed by atoms with Crippen LogP contribution < -0.4 is 5.32 Å². The molecule has 3 fully saturated rings. The molecule has 0 spiro atoms. The summed E-state index contributed by atoms with van der Waals surface area (Å²) >= 11 is 12.7. The molecular formula is C31H26Cl2N6O4S. The molecule has 0 unspecified atom stereocenters. The van der Waals surface area contributed by atoms with Crippen molar-refractivity contribution in [2.24, 2.45) is 0 Å². The second-order valence-corrected chi connectivity index (χ2v) is 14.8. The van der Waals surface area contributed by atoms with Gasteiger partial charge in [0.2, 0.25) is 11.8 Å². The summed E-state index contributed by atoms with van der Waals surface area (Å²) in [4.78, 5) is 37.4. The Kier molecular flexibility index (Phi) is 6.73. The fourth-order valence-corrected chi connectivity index (χ4v) is 8.48. The second kappa shape index (κ2) is 10.3. The third kappa shape index (κ3) is 4.72. The summed E-state index contributed by atoms with van der Waals surface area (Å²) in [6.07, 6.45) is 6.93. The highest BCUT2D eigenvalue weighted by Gasteiger charge is 2.58. The molecule has 2 saturated carbocycles. The molecule has 224 valence electrons. The lowest BCUT2D eigenvalue weighted by Gasteiger charge is -2.29. The number of benzene rings is 2. The van der Waals surface area contributed by atoms with E-state index in [1.165, 1.54) is 11.0 Å². The van der Waals surface area contributed by atoms with Gasteiger partial charge in [0.25, 0.3) is 0 Å². The number of nitrogens with zero attached hydrogens (tertiary/aromatic N) is 5. The van der Waals surface area contributed by atoms with E-state index in [4.69, 9.17) is 23.2 Å². The number of nitriles is 1. The van der Waals surface area contributed by atoms with Gasteiger partial charge in [0.1, 0.15) is 23.4 Å². The van der Waals surface area contributed by atoms with Crippen molar-refractivity contribution in [2.75, 3.05) is 6.54 Å². The molecule has 1 aliphatic heterocycles. The number of carbonyl (C=O) groups is 2. The van der Waals surface area contributed by atoms with Crippen molar-refractivity contribution in [1.29, 1.82) is 5.26 Å². The maximum atomic E-state index is 14.2. The highest BCUT2D eigenvalue weighted by molar-refractivity contribution is 7.92. The van der Waals surface area contributed by atoms with Crippen molar-refractivity contribution in [3.8, 4) is 11.8 Å². The monoisotopic (exact) mass is 648 g/mol. The number of aromatic nitrogens is 3. The van der Waals surface area contributed by atoms with Gasteiger partial charge < -0.3 is 10.2 Å². The van der Waals surface area contributed by atoms with E-state index in [1.807, 2.05) is 0 Å². The third-order valence-corrected chi connectivity index (χ3v) is 11.9. The van der Waals surface area contributed by atoms with Crippen LogP contribution in [-0.4, -0.2) is 63.0 Å². The van der Waals surface area contributed by atoms with Crippen molar-refractivity contribution in [1.82, 2.24) is 24.8 Å². The van der Waals surface area contributed by atoms with Crippen LogP contribution in [0.2, 0.25) is 10.0 Å². The van der Waals surface area contributed by atoms with Crippen LogP contribution in [0, 0.1) is 11.3 Å². The lowest BCUT2D eigenvalue weighted by Crippen LogP contribution is -2.51. The van der Waals surface area contributed by atoms with Gasteiger partial charge in [-0.05, 0) is 74.1 Å². The average Bonchev–Trinajstić information content (AvgIpc) is 3.89. The number of nitrogens with one attached hydrogen (secondary N) is 1. The zero-order valence-electron chi connectivity index (χ0n) is 23.3. The van der Waals surface area contributed by atoms with E-state index in [0.717, 1.165) is 11.1 Å². The smallest absolute Gasteiger partial charge is 0.244 e. The molecular weight excluding hydrogens is 623 g/mol. The number of imidazole rings is 1. The van der Waals surface area contributed by atoms with Gasteiger partial charge in [-0.2, -0.15) is 5.26 Å². The Morgan fingerprint density at radius 1 is 1.05 bits per heavy atom. The Balaban J connectivity index is 1.20. The minimum Gasteiger partial charge on any atom is -0.336 e. The highest BCUT2D eigenvalue weighted by Crippen LogP contribution is 2.51. The molecule has 4 aromatic rings. The summed E-state index contributed by atoms with van der Waals surface area (Å²) in [5, 5.41) is 11.8. The van der Waals surface area contributed by atoms with Gasteiger partial charge in [-0.25, -0.2) is 13.4 Å². The molecule has 0 bridgehead atoms. The zero-order valence-corrected chi connectivity index (χ0v) is 25.6. The minimum atomic E-state index is -4.08. The van der Waals surface area contributed by atoms with Crippen molar-refractivity contribution < 1.29 is 18.0 Å². The molecule has 1 N–H and O–H groups in total. The van der Waals surface area contributed by atoms with E-state index in [1.54, 1.807) is 65.8 Å². The quantitative estimate of drug-likeness (QED) is 0.314. The molecule has 10 nitrogen and oxygen atoms in total. The van der Waals surface area contributed by atoms with Crippen molar-refractivity contribution in [3.63, 3.8) is 0 Å². The molecule has 2 atom stereocenters. The Hall–Kier alpha value is -3.98. The number of pyridine rings is 1. The fraction of sp³-hybridized carbons (Fsp3) is 0.323. The van der Waals surface area contributed by atoms with Gasteiger partial charge in [0.15, 0.2) is 9.84 Å². The van der Waals surface area contributed by atoms with Crippen LogP contribution in [0.25, 0.3) is 16.7 Å². The Morgan fingerprint density at radius 2 is 1.80 bits per heavy atom. The highest BCUT2D eigenvalue weighted by atomic mass is 35.5. The molecule has 44 heavy (non-hydrogen) atoms. The number of halogens is 2. The number of rotatable bonds is 7. The standard InChI is InChI=1S/C31H26Cl2N6O4S/c32-20-3-1-19(2-4-20)31(10-11-31)29(41)38-16-22(14-26(38)28(40)37-30(17-34)8-9-30)44(42,43)27-6-5-21(13-23(27)33)39-18-36-24-15-35-12-7-25(24)39/h1-7,12-13,15,18,22,26H,8-11,14,16H2,(H,37,40)/t22-,26+/m1/s1. The molecule has 3 heterocycles. The second-order valence-electron chi connectivity index (χ2n) is 11.7. The predicted molar refractivity (Wildman–Crippen MR) is 163 cm³/mol. The van der Waals surface area contributed by atoms with Gasteiger partial charge in [-0.3, -0.25) is 19.1 Å². The summed E-state index contributed by atoms with van der Waals surface area (Å²) in [6, 6.07) is 14.5. The number of sulfone groups is 1. The molecule has 3 aliphatic rings. The molecule has 2 aromatic carbocycles. The number of fused-ring (bicyclic) bond motifs is 1. The van der Waals surface area contributed by atoms with E-state index >= 15 is 0 Å². The molecule has 2 amide bonds. The first kappa shape index (κ1) is 28.8. The summed E-state index contributed by atoms with van der Waals surface area (Å²) in [5.74, 6) is -0.827. The van der Waals surface area contributed by atoms with Gasteiger partial charge in [0, 0.05) is 23.5 Å². The zero-order chi connectivity index (χ0) is 30.9. The maximum absolute atomic E-state index is 14.2. The largest absolute Gasteiger partial charge is 0.336 e. The molecule has 13 heteroatoms. The van der Waals surface area contributed by atoms with Crippen LogP contribution in [0.5, 0.6) is 0 Å². The predicted octanol–water partition coefficient (Wildman–Crippen LogP) is 4.37. The van der Waals surface area contributed by atoms with Crippen molar-refractivity contribution in [2.45, 2.75) is 59.2 Å². The number of amides is 2. The molecule has 7 rings (SSSR count). The van der Waals surface area contributed by atoms with Crippen molar-refractivity contribution >= 4 is 55.9 Å². The van der Waals surface area contributed by atoms with Crippen LogP contribution in [0.3, 0.4) is 0 Å². The minimum absolute atomic E-state index is 0.0189. The van der Waals surface area contributed by atoms with Crippen LogP contribution >= 0.6 is 23.2 Å². The number of carbonyl (C=O) groups excluding carboxylic acids is 2. The van der Waals surface area contributed by atoms with E-state index in [2.05, 4.69) is 21.4 Å². The lowest BCUT2D eigenvalue weighted by atomic mass is 9.94. The maximum Gasteiger partial charge on any atom is 0.244 e. The molecule has 1 saturated heterocycles. The van der Waals surface area contributed by atoms with Crippen LogP contribution in [0.4, 0.5) is 0 Å². The summed E-state index contributed by atoms with van der Waals surface area (Å²) in [6.45, 7) is -0.175. The van der Waals surface area contributed by atoms with E-state index in [0.29, 0.717) is 41.9 Å². The Labute approximate surface area is 263 Å². The number of likely N-dealkylation sites (tertiary alicyclic amines) is 1. The molecule has 0 radical (unpaired) electrons. The number of hydrogen-bond acceptors (Lipinski definition) is 7. The first-order chi connectivity index (χ1) is 21.1. The van der Waals surface area contributed by atoms with E-state index in [9.17, 15) is 23.3 Å². The van der Waals surface area contributed by atoms with Gasteiger partial charge in [-0.15, -0.1) is 0 Å². The first-order valence-corrected chi connectivity index (χ1v) is 16.5. The van der Waals surface area contributed by atoms with Gasteiger partial charge in [-0.1, -0.05) is 35.3 Å². The Bertz CT molecular complexity index is 1980. The van der Waals surface area contributed by atoms with Crippen LogP contribution in [0.1, 0.15) is 37.7 Å². The summed E-state index contributed by atoms with van der Waals surface area (Å²) in [7, 11) is -4.08. The lowest BCUT2D eigenvalue weighted by molar-refractivity contribution is -0.140. The summed E-state index contributed by atoms with van der Waals surface area (Å²) < 4.78 is 29.9. The first-order valence-electron chi connectivity index (χ1n) is 14.2. The normalized spacial score (nSPS) is 21.5. The SMILES string of the molecule is N#CC1(NC(=O)[C@@H]2C[C@@H](S(=O)(=O)c3ccc(-n4cnc5cnccc54)cc3Cl)CN2C(=O)C2(c3ccc(Cl)cc3)CC2)CC1. The van der Waals surface area contributed by atoms with E-state index < -0.39 is 38.0 Å². The van der Waals surface area contributed by atoms with Crippen LogP contribution in [0.15, 0.2) is 72.1 Å².